The second kappa shape index (κ2) is 5.20. The van der Waals surface area contributed by atoms with E-state index in [4.69, 9.17) is 11.0 Å². The van der Waals surface area contributed by atoms with E-state index in [0.717, 1.165) is 24.3 Å². The summed E-state index contributed by atoms with van der Waals surface area (Å²) >= 11 is 0. The Balaban J connectivity index is 2.21. The van der Waals surface area contributed by atoms with Gasteiger partial charge in [0.2, 0.25) is 0 Å². The molecule has 17 heavy (non-hydrogen) atoms. The molecule has 0 amide bonds. The van der Waals surface area contributed by atoms with Crippen LogP contribution in [0, 0.1) is 17.2 Å². The van der Waals surface area contributed by atoms with Gasteiger partial charge in [0.15, 0.2) is 0 Å². The maximum Gasteiger partial charge on any atom is 0.0992 e. The molecule has 2 N–H and O–H groups in total. The highest BCUT2D eigenvalue weighted by atomic mass is 15.2. The van der Waals surface area contributed by atoms with Crippen molar-refractivity contribution in [1.29, 1.82) is 5.26 Å². The number of anilines is 1. The van der Waals surface area contributed by atoms with Gasteiger partial charge in [0.05, 0.1) is 11.6 Å². The molecule has 1 aromatic rings. The summed E-state index contributed by atoms with van der Waals surface area (Å²) in [5.41, 5.74) is 7.64. The third kappa shape index (κ3) is 2.59. The number of nitriles is 1. The van der Waals surface area contributed by atoms with Crippen LogP contribution in [0.25, 0.3) is 0 Å². The molecule has 1 saturated heterocycles. The van der Waals surface area contributed by atoms with E-state index in [1.54, 1.807) is 0 Å². The van der Waals surface area contributed by atoms with Crippen molar-refractivity contribution in [2.24, 2.45) is 11.7 Å². The topological polar surface area (TPSA) is 53.0 Å². The van der Waals surface area contributed by atoms with Crippen molar-refractivity contribution >= 4 is 5.69 Å². The quantitative estimate of drug-likeness (QED) is 0.845. The first-order valence-corrected chi connectivity index (χ1v) is 6.21. The van der Waals surface area contributed by atoms with E-state index in [0.29, 0.717) is 12.0 Å². The Morgan fingerprint density at radius 3 is 3.00 bits per heavy atom. The molecule has 1 aromatic carbocycles. The van der Waals surface area contributed by atoms with Crippen LogP contribution in [0.5, 0.6) is 0 Å². The first-order valence-electron chi connectivity index (χ1n) is 6.21. The average molecular weight is 229 g/mol. The first-order chi connectivity index (χ1) is 8.24. The highest BCUT2D eigenvalue weighted by Gasteiger charge is 2.24. The zero-order chi connectivity index (χ0) is 12.3. The van der Waals surface area contributed by atoms with E-state index in [2.05, 4.69) is 24.0 Å². The van der Waals surface area contributed by atoms with Crippen molar-refractivity contribution in [1.82, 2.24) is 0 Å². The van der Waals surface area contributed by atoms with E-state index in [1.165, 1.54) is 12.8 Å². The summed E-state index contributed by atoms with van der Waals surface area (Å²) in [5.74, 6) is 0.581. The highest BCUT2D eigenvalue weighted by Crippen LogP contribution is 2.27. The van der Waals surface area contributed by atoms with Crippen LogP contribution in [0.2, 0.25) is 0 Å². The van der Waals surface area contributed by atoms with Crippen molar-refractivity contribution in [3.05, 3.63) is 29.8 Å². The number of rotatable bonds is 2. The van der Waals surface area contributed by atoms with Gasteiger partial charge in [-0.3, -0.25) is 0 Å². The third-order valence-corrected chi connectivity index (χ3v) is 3.62. The number of piperidine rings is 1. The Hall–Kier alpha value is -1.53. The summed E-state index contributed by atoms with van der Waals surface area (Å²) in [6.07, 6.45) is 2.39. The summed E-state index contributed by atoms with van der Waals surface area (Å²) in [5, 5.41) is 8.94. The van der Waals surface area contributed by atoms with Gasteiger partial charge in [-0.05, 0) is 50.4 Å². The molecule has 3 nitrogen and oxygen atoms in total. The van der Waals surface area contributed by atoms with E-state index in [1.807, 2.05) is 18.2 Å². The Labute approximate surface area is 103 Å². The molecule has 1 aliphatic heterocycles. The van der Waals surface area contributed by atoms with Crippen LogP contribution in [-0.4, -0.2) is 19.1 Å². The number of nitrogens with zero attached hydrogens (tertiary/aromatic N) is 2. The molecule has 2 rings (SSSR count). The molecule has 3 heteroatoms. The normalized spacial score (nSPS) is 24.4. The van der Waals surface area contributed by atoms with Crippen LogP contribution in [-0.2, 0) is 0 Å². The van der Waals surface area contributed by atoms with Crippen LogP contribution in [0.1, 0.15) is 25.3 Å². The predicted octanol–water partition coefficient (Wildman–Crippen LogP) is 2.12. The van der Waals surface area contributed by atoms with Gasteiger partial charge in [-0.1, -0.05) is 6.07 Å². The molecule has 0 spiro atoms. The smallest absolute Gasteiger partial charge is 0.0992 e. The lowest BCUT2D eigenvalue weighted by molar-refractivity contribution is 0.374. The molecular weight excluding hydrogens is 210 g/mol. The van der Waals surface area contributed by atoms with Crippen LogP contribution in [0.4, 0.5) is 5.69 Å². The van der Waals surface area contributed by atoms with E-state index < -0.39 is 0 Å². The Morgan fingerprint density at radius 2 is 2.29 bits per heavy atom. The molecule has 0 bridgehead atoms. The predicted molar refractivity (Wildman–Crippen MR) is 69.7 cm³/mol. The van der Waals surface area contributed by atoms with Crippen molar-refractivity contribution in [2.45, 2.75) is 25.8 Å². The SMILES string of the molecule is CC1CCC(CN)CN1c1cccc(C#N)c1. The number of benzene rings is 1. The lowest BCUT2D eigenvalue weighted by atomic mass is 9.93. The highest BCUT2D eigenvalue weighted by molar-refractivity contribution is 5.52. The van der Waals surface area contributed by atoms with Crippen molar-refractivity contribution < 1.29 is 0 Å². The minimum atomic E-state index is 0.534. The van der Waals surface area contributed by atoms with Gasteiger partial charge in [0.25, 0.3) is 0 Å². The molecule has 2 unspecified atom stereocenters. The fraction of sp³-hybridized carbons (Fsp3) is 0.500. The fourth-order valence-electron chi connectivity index (χ4n) is 2.49. The van der Waals surface area contributed by atoms with Gasteiger partial charge < -0.3 is 10.6 Å². The molecule has 0 radical (unpaired) electrons. The lowest BCUT2D eigenvalue weighted by Gasteiger charge is -2.39. The minimum Gasteiger partial charge on any atom is -0.368 e. The summed E-state index contributed by atoms with van der Waals surface area (Å²) in [7, 11) is 0. The Kier molecular flexibility index (Phi) is 3.65. The average Bonchev–Trinajstić information content (AvgIpc) is 2.39. The minimum absolute atomic E-state index is 0.534. The van der Waals surface area contributed by atoms with E-state index >= 15 is 0 Å². The maximum absolute atomic E-state index is 8.94. The fourth-order valence-corrected chi connectivity index (χ4v) is 2.49. The molecule has 0 saturated carbocycles. The summed E-state index contributed by atoms with van der Waals surface area (Å²) in [4.78, 5) is 2.38. The number of nitrogens with two attached hydrogens (primary N) is 1. The lowest BCUT2D eigenvalue weighted by Crippen LogP contribution is -2.43. The molecule has 1 fully saturated rings. The van der Waals surface area contributed by atoms with Crippen molar-refractivity contribution in [3.63, 3.8) is 0 Å². The summed E-state index contributed by atoms with van der Waals surface area (Å²) in [6.45, 7) is 4.00. The van der Waals surface area contributed by atoms with Gasteiger partial charge in [-0.15, -0.1) is 0 Å². The molecule has 1 heterocycles. The van der Waals surface area contributed by atoms with Gasteiger partial charge in [-0.2, -0.15) is 5.26 Å². The maximum atomic E-state index is 8.94. The van der Waals surface area contributed by atoms with Gasteiger partial charge in [0.1, 0.15) is 0 Å². The second-order valence-electron chi connectivity index (χ2n) is 4.84. The summed E-state index contributed by atoms with van der Waals surface area (Å²) in [6, 6.07) is 10.6. The first kappa shape index (κ1) is 11.9. The largest absolute Gasteiger partial charge is 0.368 e. The zero-order valence-electron chi connectivity index (χ0n) is 10.3. The van der Waals surface area contributed by atoms with Gasteiger partial charge >= 0.3 is 0 Å². The standard InChI is InChI=1S/C14H19N3/c1-11-5-6-13(9-16)10-17(11)14-4-2-3-12(7-14)8-15/h2-4,7,11,13H,5-6,9-10,16H2,1H3. The third-order valence-electron chi connectivity index (χ3n) is 3.62. The molecule has 0 aromatic heterocycles. The Bertz CT molecular complexity index is 422. The van der Waals surface area contributed by atoms with Crippen LogP contribution >= 0.6 is 0 Å². The summed E-state index contributed by atoms with van der Waals surface area (Å²) < 4.78 is 0. The van der Waals surface area contributed by atoms with Crippen molar-refractivity contribution in [3.8, 4) is 6.07 Å². The zero-order valence-corrected chi connectivity index (χ0v) is 10.3. The monoisotopic (exact) mass is 229 g/mol. The Morgan fingerprint density at radius 1 is 1.47 bits per heavy atom. The molecule has 90 valence electrons. The molecule has 0 aliphatic carbocycles. The number of hydrogen-bond donors (Lipinski definition) is 1. The molecular formula is C14H19N3. The van der Waals surface area contributed by atoms with Crippen LogP contribution in [0.3, 0.4) is 0 Å². The van der Waals surface area contributed by atoms with Crippen LogP contribution in [0.15, 0.2) is 24.3 Å². The van der Waals surface area contributed by atoms with Gasteiger partial charge in [0, 0.05) is 18.3 Å². The number of hydrogen-bond acceptors (Lipinski definition) is 3. The van der Waals surface area contributed by atoms with E-state index in [-0.39, 0.29) is 0 Å². The van der Waals surface area contributed by atoms with Crippen molar-refractivity contribution in [2.75, 3.05) is 18.0 Å². The molecule has 2 atom stereocenters. The van der Waals surface area contributed by atoms with E-state index in [9.17, 15) is 0 Å². The van der Waals surface area contributed by atoms with Crippen LogP contribution < -0.4 is 10.6 Å². The second-order valence-corrected chi connectivity index (χ2v) is 4.84. The van der Waals surface area contributed by atoms with Gasteiger partial charge in [-0.25, -0.2) is 0 Å². The molecule has 1 aliphatic rings.